The molecule has 1 heterocycles. The van der Waals surface area contributed by atoms with E-state index in [9.17, 15) is 4.79 Å². The molecule has 17 heavy (non-hydrogen) atoms. The van der Waals surface area contributed by atoms with Gasteiger partial charge in [0.1, 0.15) is 17.6 Å². The van der Waals surface area contributed by atoms with Gasteiger partial charge in [0.15, 0.2) is 0 Å². The van der Waals surface area contributed by atoms with Crippen molar-refractivity contribution >= 4 is 11.6 Å². The molecule has 1 aromatic carbocycles. The van der Waals surface area contributed by atoms with Crippen molar-refractivity contribution in [1.82, 2.24) is 0 Å². The lowest BCUT2D eigenvalue weighted by atomic mass is 10.2. The van der Waals surface area contributed by atoms with Crippen LogP contribution in [0.15, 0.2) is 18.2 Å². The molecule has 0 spiro atoms. The van der Waals surface area contributed by atoms with E-state index in [-0.39, 0.29) is 18.6 Å². The molecule has 0 aliphatic carbocycles. The summed E-state index contributed by atoms with van der Waals surface area (Å²) in [6.45, 7) is 2.79. The van der Waals surface area contributed by atoms with Crippen molar-refractivity contribution in [3.05, 3.63) is 18.2 Å². The van der Waals surface area contributed by atoms with Gasteiger partial charge in [-0.15, -0.1) is 0 Å². The Hall–Kier alpha value is -1.91. The van der Waals surface area contributed by atoms with Crippen LogP contribution in [-0.2, 0) is 4.79 Å². The minimum absolute atomic E-state index is 0.0373. The first kappa shape index (κ1) is 11.6. The highest BCUT2D eigenvalue weighted by molar-refractivity contribution is 5.81. The van der Waals surface area contributed by atoms with E-state index in [2.05, 4.69) is 0 Å². The van der Waals surface area contributed by atoms with Crippen molar-refractivity contribution in [2.75, 3.05) is 25.1 Å². The lowest BCUT2D eigenvalue weighted by Gasteiger charge is -2.34. The minimum atomic E-state index is -0.354. The van der Waals surface area contributed by atoms with Crippen LogP contribution in [0.5, 0.6) is 11.5 Å². The van der Waals surface area contributed by atoms with Gasteiger partial charge < -0.3 is 20.1 Å². The van der Waals surface area contributed by atoms with Crippen molar-refractivity contribution in [2.24, 2.45) is 5.73 Å². The van der Waals surface area contributed by atoms with Crippen molar-refractivity contribution in [1.29, 1.82) is 0 Å². The topological polar surface area (TPSA) is 64.8 Å². The Balaban J connectivity index is 2.35. The largest absolute Gasteiger partial charge is 0.497 e. The zero-order valence-corrected chi connectivity index (χ0v) is 9.97. The van der Waals surface area contributed by atoms with Crippen molar-refractivity contribution in [2.45, 2.75) is 13.0 Å². The number of carbonyl (C=O) groups excluding carboxylic acids is 1. The summed E-state index contributed by atoms with van der Waals surface area (Å²) < 4.78 is 10.9. The maximum absolute atomic E-state index is 11.0. The molecule has 0 bridgehead atoms. The molecule has 0 saturated carbocycles. The number of ether oxygens (including phenoxy) is 2. The third-order valence-corrected chi connectivity index (χ3v) is 2.66. The van der Waals surface area contributed by atoms with E-state index >= 15 is 0 Å². The first-order valence-electron chi connectivity index (χ1n) is 5.48. The highest BCUT2D eigenvalue weighted by Gasteiger charge is 2.24. The van der Waals surface area contributed by atoms with Crippen LogP contribution in [-0.4, -0.2) is 32.2 Å². The number of rotatable bonds is 3. The number of methoxy groups -OCH3 is 1. The lowest BCUT2D eigenvalue weighted by Crippen LogP contribution is -2.42. The first-order chi connectivity index (χ1) is 8.10. The van der Waals surface area contributed by atoms with Gasteiger partial charge in [-0.1, -0.05) is 0 Å². The van der Waals surface area contributed by atoms with Crippen LogP contribution in [0.1, 0.15) is 6.92 Å². The molecule has 5 heteroatoms. The van der Waals surface area contributed by atoms with Crippen LogP contribution in [0.25, 0.3) is 0 Å². The summed E-state index contributed by atoms with van der Waals surface area (Å²) in [5, 5.41) is 0. The van der Waals surface area contributed by atoms with Gasteiger partial charge in [-0.3, -0.25) is 4.79 Å². The van der Waals surface area contributed by atoms with E-state index in [0.29, 0.717) is 6.54 Å². The van der Waals surface area contributed by atoms with Gasteiger partial charge >= 0.3 is 0 Å². The molecule has 1 atom stereocenters. The maximum Gasteiger partial charge on any atom is 0.236 e. The van der Waals surface area contributed by atoms with E-state index in [0.717, 1.165) is 17.2 Å². The van der Waals surface area contributed by atoms with Gasteiger partial charge in [0.05, 0.1) is 25.9 Å². The molecule has 0 saturated heterocycles. The predicted molar refractivity (Wildman–Crippen MR) is 64.5 cm³/mol. The minimum Gasteiger partial charge on any atom is -0.497 e. The van der Waals surface area contributed by atoms with Gasteiger partial charge in [-0.2, -0.15) is 0 Å². The number of hydrogen-bond donors (Lipinski definition) is 1. The average Bonchev–Trinajstić information content (AvgIpc) is 2.27. The van der Waals surface area contributed by atoms with Gasteiger partial charge in [0.2, 0.25) is 5.91 Å². The number of fused-ring (bicyclic) bond motifs is 1. The number of primary amides is 1. The van der Waals surface area contributed by atoms with E-state index in [4.69, 9.17) is 15.2 Å². The van der Waals surface area contributed by atoms with Crippen LogP contribution < -0.4 is 20.1 Å². The second kappa shape index (κ2) is 4.53. The molecule has 0 radical (unpaired) electrons. The smallest absolute Gasteiger partial charge is 0.236 e. The number of anilines is 1. The van der Waals surface area contributed by atoms with Crippen LogP contribution in [0, 0.1) is 0 Å². The number of nitrogens with zero attached hydrogens (tertiary/aromatic N) is 1. The number of amides is 1. The highest BCUT2D eigenvalue weighted by atomic mass is 16.5. The van der Waals surface area contributed by atoms with E-state index in [1.807, 2.05) is 30.0 Å². The van der Waals surface area contributed by atoms with Crippen LogP contribution >= 0.6 is 0 Å². The molecule has 1 amide bonds. The van der Waals surface area contributed by atoms with E-state index in [1.165, 1.54) is 0 Å². The highest BCUT2D eigenvalue weighted by Crippen LogP contribution is 2.36. The SMILES string of the molecule is COc1ccc2c(c1)N(CC(N)=O)C[C@@H](C)O2. The fourth-order valence-corrected chi connectivity index (χ4v) is 1.97. The first-order valence-corrected chi connectivity index (χ1v) is 5.48. The molecule has 1 aliphatic rings. The quantitative estimate of drug-likeness (QED) is 0.841. The normalized spacial score (nSPS) is 18.2. The molecular formula is C12H16N2O3. The third-order valence-electron chi connectivity index (χ3n) is 2.66. The van der Waals surface area contributed by atoms with Gasteiger partial charge in [0, 0.05) is 6.07 Å². The summed E-state index contributed by atoms with van der Waals surface area (Å²) in [5.74, 6) is 1.13. The number of nitrogens with two attached hydrogens (primary N) is 1. The summed E-state index contributed by atoms with van der Waals surface area (Å²) in [5.41, 5.74) is 6.09. The Labute approximate surface area is 100 Å². The molecule has 0 fully saturated rings. The van der Waals surface area contributed by atoms with Crippen LogP contribution in [0.4, 0.5) is 5.69 Å². The van der Waals surface area contributed by atoms with E-state index < -0.39 is 0 Å². The molecular weight excluding hydrogens is 220 g/mol. The molecule has 1 aromatic rings. The monoisotopic (exact) mass is 236 g/mol. The molecule has 92 valence electrons. The lowest BCUT2D eigenvalue weighted by molar-refractivity contribution is -0.116. The Morgan fingerprint density at radius 2 is 2.41 bits per heavy atom. The van der Waals surface area contributed by atoms with Crippen LogP contribution in [0.3, 0.4) is 0 Å². The second-order valence-electron chi connectivity index (χ2n) is 4.11. The Kier molecular flexibility index (Phi) is 3.08. The molecule has 5 nitrogen and oxygen atoms in total. The Morgan fingerprint density at radius 3 is 3.06 bits per heavy atom. The summed E-state index contributed by atoms with van der Waals surface area (Å²) in [6.07, 6.45) is 0.0373. The molecule has 0 unspecified atom stereocenters. The van der Waals surface area contributed by atoms with Crippen molar-refractivity contribution in [3.8, 4) is 11.5 Å². The second-order valence-corrected chi connectivity index (χ2v) is 4.11. The third kappa shape index (κ3) is 2.43. The zero-order valence-electron chi connectivity index (χ0n) is 9.97. The van der Waals surface area contributed by atoms with Gasteiger partial charge in [-0.25, -0.2) is 0 Å². The fraction of sp³-hybridized carbons (Fsp3) is 0.417. The number of carbonyl (C=O) groups is 1. The predicted octanol–water partition coefficient (Wildman–Crippen LogP) is 0.768. The molecule has 2 rings (SSSR count). The number of benzene rings is 1. The average molecular weight is 236 g/mol. The number of hydrogen-bond acceptors (Lipinski definition) is 4. The summed E-state index contributed by atoms with van der Waals surface area (Å²) >= 11 is 0. The van der Waals surface area contributed by atoms with Crippen molar-refractivity contribution in [3.63, 3.8) is 0 Å². The molecule has 0 aromatic heterocycles. The van der Waals surface area contributed by atoms with Gasteiger partial charge in [0.25, 0.3) is 0 Å². The van der Waals surface area contributed by atoms with Crippen molar-refractivity contribution < 1.29 is 14.3 Å². The van der Waals surface area contributed by atoms with E-state index in [1.54, 1.807) is 7.11 Å². The standard InChI is InChI=1S/C12H16N2O3/c1-8-6-14(7-12(13)15)10-5-9(16-2)3-4-11(10)17-8/h3-5,8H,6-7H2,1-2H3,(H2,13,15)/t8-/m1/s1. The van der Waals surface area contributed by atoms with Gasteiger partial charge in [-0.05, 0) is 19.1 Å². The summed E-state index contributed by atoms with van der Waals surface area (Å²) in [7, 11) is 1.60. The summed E-state index contributed by atoms with van der Waals surface area (Å²) in [4.78, 5) is 13.0. The Bertz CT molecular complexity index is 434. The fourth-order valence-electron chi connectivity index (χ4n) is 1.97. The zero-order chi connectivity index (χ0) is 12.4. The summed E-state index contributed by atoms with van der Waals surface area (Å²) in [6, 6.07) is 5.53. The Morgan fingerprint density at radius 1 is 1.65 bits per heavy atom. The maximum atomic E-state index is 11.0. The molecule has 1 aliphatic heterocycles. The van der Waals surface area contributed by atoms with Crippen LogP contribution in [0.2, 0.25) is 0 Å². The molecule has 2 N–H and O–H groups in total.